The smallest absolute Gasteiger partial charge is 0.306 e. The molecule has 0 amide bonds. The number of aromatic nitrogens is 3. The highest BCUT2D eigenvalue weighted by Gasteiger charge is 2.18. The molecule has 5 heteroatoms. The maximum absolute atomic E-state index is 11.0. The molecule has 0 spiro atoms. The third-order valence-electron chi connectivity index (χ3n) is 3.32. The lowest BCUT2D eigenvalue weighted by atomic mass is 9.99. The van der Waals surface area contributed by atoms with E-state index >= 15 is 0 Å². The summed E-state index contributed by atoms with van der Waals surface area (Å²) in [7, 11) is 0. The standard InChI is InChI=1S/C13H17N3O2/c1-7(13(17)18)5-11-9(3)15-12-8(2)6-14-16(12)10(11)4/h6-7H,5H2,1-4H3,(H,17,18). The lowest BCUT2D eigenvalue weighted by Crippen LogP contribution is -2.16. The van der Waals surface area contributed by atoms with E-state index in [1.54, 1.807) is 17.6 Å². The Morgan fingerprint density at radius 1 is 1.44 bits per heavy atom. The normalized spacial score (nSPS) is 12.9. The molecular weight excluding hydrogens is 230 g/mol. The van der Waals surface area contributed by atoms with Crippen LogP contribution in [-0.2, 0) is 11.2 Å². The Kier molecular flexibility index (Phi) is 3.07. The number of hydrogen-bond donors (Lipinski definition) is 1. The minimum Gasteiger partial charge on any atom is -0.481 e. The molecule has 1 N–H and O–H groups in total. The van der Waals surface area contributed by atoms with E-state index in [4.69, 9.17) is 5.11 Å². The van der Waals surface area contributed by atoms with Crippen molar-refractivity contribution in [1.82, 2.24) is 14.6 Å². The van der Waals surface area contributed by atoms with Crippen LogP contribution in [0.4, 0.5) is 0 Å². The molecule has 1 atom stereocenters. The fraction of sp³-hybridized carbons (Fsp3) is 0.462. The van der Waals surface area contributed by atoms with Crippen LogP contribution in [0.3, 0.4) is 0 Å². The maximum Gasteiger partial charge on any atom is 0.306 e. The predicted octanol–water partition coefficient (Wildman–Crippen LogP) is 1.92. The summed E-state index contributed by atoms with van der Waals surface area (Å²) in [5.41, 5.74) is 4.70. The van der Waals surface area contributed by atoms with E-state index in [2.05, 4.69) is 10.1 Å². The molecule has 0 bridgehead atoms. The van der Waals surface area contributed by atoms with E-state index in [-0.39, 0.29) is 0 Å². The Morgan fingerprint density at radius 3 is 2.72 bits per heavy atom. The summed E-state index contributed by atoms with van der Waals surface area (Å²) in [5.74, 6) is -1.20. The first-order chi connectivity index (χ1) is 8.41. The maximum atomic E-state index is 11.0. The molecule has 5 nitrogen and oxygen atoms in total. The van der Waals surface area contributed by atoms with Crippen LogP contribution in [0.1, 0.15) is 29.4 Å². The van der Waals surface area contributed by atoms with E-state index in [1.807, 2.05) is 20.8 Å². The molecule has 0 fully saturated rings. The predicted molar refractivity (Wildman–Crippen MR) is 67.7 cm³/mol. The molecular formula is C13H17N3O2. The van der Waals surface area contributed by atoms with Crippen molar-refractivity contribution in [3.8, 4) is 0 Å². The van der Waals surface area contributed by atoms with Gasteiger partial charge in [-0.1, -0.05) is 6.92 Å². The first kappa shape index (κ1) is 12.5. The topological polar surface area (TPSA) is 67.5 Å². The van der Waals surface area contributed by atoms with Gasteiger partial charge in [0.15, 0.2) is 5.65 Å². The third kappa shape index (κ3) is 1.96. The number of carboxylic acid groups (broad SMARTS) is 1. The number of aliphatic carboxylic acids is 1. The van der Waals surface area contributed by atoms with Crippen molar-refractivity contribution in [2.45, 2.75) is 34.1 Å². The van der Waals surface area contributed by atoms with E-state index < -0.39 is 11.9 Å². The average Bonchev–Trinajstić information content (AvgIpc) is 2.66. The monoisotopic (exact) mass is 247 g/mol. The highest BCUT2D eigenvalue weighted by molar-refractivity contribution is 5.70. The van der Waals surface area contributed by atoms with Crippen LogP contribution >= 0.6 is 0 Å². The van der Waals surface area contributed by atoms with Gasteiger partial charge in [-0.15, -0.1) is 0 Å². The summed E-state index contributed by atoms with van der Waals surface area (Å²) < 4.78 is 1.78. The number of carbonyl (C=O) groups is 1. The summed E-state index contributed by atoms with van der Waals surface area (Å²) in [5, 5.41) is 13.3. The van der Waals surface area contributed by atoms with Gasteiger partial charge in [-0.3, -0.25) is 4.79 Å². The number of hydrogen-bond acceptors (Lipinski definition) is 3. The molecule has 0 aliphatic rings. The van der Waals surface area contributed by atoms with Crippen LogP contribution in [0.15, 0.2) is 6.20 Å². The zero-order valence-corrected chi connectivity index (χ0v) is 11.1. The van der Waals surface area contributed by atoms with Crippen molar-refractivity contribution in [2.24, 2.45) is 5.92 Å². The highest BCUT2D eigenvalue weighted by atomic mass is 16.4. The fourth-order valence-corrected chi connectivity index (χ4v) is 2.11. The van der Waals surface area contributed by atoms with E-state index in [0.29, 0.717) is 6.42 Å². The Morgan fingerprint density at radius 2 is 2.11 bits per heavy atom. The van der Waals surface area contributed by atoms with Gasteiger partial charge in [0.1, 0.15) is 0 Å². The summed E-state index contributed by atoms with van der Waals surface area (Å²) in [6.07, 6.45) is 2.26. The number of rotatable bonds is 3. The molecule has 96 valence electrons. The lowest BCUT2D eigenvalue weighted by Gasteiger charge is -2.13. The average molecular weight is 247 g/mol. The first-order valence-corrected chi connectivity index (χ1v) is 5.95. The van der Waals surface area contributed by atoms with Gasteiger partial charge in [-0.05, 0) is 32.8 Å². The summed E-state index contributed by atoms with van der Waals surface area (Å²) in [6.45, 7) is 7.55. The first-order valence-electron chi connectivity index (χ1n) is 5.95. The molecule has 0 aromatic carbocycles. The largest absolute Gasteiger partial charge is 0.481 e. The molecule has 18 heavy (non-hydrogen) atoms. The van der Waals surface area contributed by atoms with Crippen LogP contribution < -0.4 is 0 Å². The van der Waals surface area contributed by atoms with E-state index in [1.165, 1.54) is 0 Å². The van der Waals surface area contributed by atoms with Crippen LogP contribution in [0.2, 0.25) is 0 Å². The quantitative estimate of drug-likeness (QED) is 0.899. The van der Waals surface area contributed by atoms with Crippen LogP contribution in [0, 0.1) is 26.7 Å². The van der Waals surface area contributed by atoms with Crippen LogP contribution in [0.25, 0.3) is 5.65 Å². The number of carboxylic acids is 1. The lowest BCUT2D eigenvalue weighted by molar-refractivity contribution is -0.141. The summed E-state index contributed by atoms with van der Waals surface area (Å²) in [4.78, 5) is 15.5. The SMILES string of the molecule is Cc1nc2c(C)cnn2c(C)c1CC(C)C(=O)O. The van der Waals surface area contributed by atoms with Gasteiger partial charge in [0, 0.05) is 17.0 Å². The zero-order chi connectivity index (χ0) is 13.4. The van der Waals surface area contributed by atoms with Gasteiger partial charge in [-0.25, -0.2) is 9.50 Å². The Bertz CT molecular complexity index is 616. The van der Waals surface area contributed by atoms with Gasteiger partial charge in [0.05, 0.1) is 12.1 Å². The van der Waals surface area contributed by atoms with Crippen molar-refractivity contribution in [1.29, 1.82) is 0 Å². The van der Waals surface area contributed by atoms with Crippen molar-refractivity contribution in [3.63, 3.8) is 0 Å². The molecule has 2 heterocycles. The van der Waals surface area contributed by atoms with Gasteiger partial charge >= 0.3 is 5.97 Å². The zero-order valence-electron chi connectivity index (χ0n) is 11.1. The Hall–Kier alpha value is -1.91. The minimum absolute atomic E-state index is 0.418. The number of fused-ring (bicyclic) bond motifs is 1. The van der Waals surface area contributed by atoms with Crippen molar-refractivity contribution < 1.29 is 9.90 Å². The molecule has 0 aliphatic carbocycles. The highest BCUT2D eigenvalue weighted by Crippen LogP contribution is 2.19. The third-order valence-corrected chi connectivity index (χ3v) is 3.32. The second-order valence-electron chi connectivity index (χ2n) is 4.77. The number of aryl methyl sites for hydroxylation is 3. The second kappa shape index (κ2) is 4.40. The molecule has 0 aliphatic heterocycles. The molecule has 2 aromatic rings. The second-order valence-corrected chi connectivity index (χ2v) is 4.77. The molecule has 2 aromatic heterocycles. The minimum atomic E-state index is -0.787. The molecule has 2 rings (SSSR count). The van der Waals surface area contributed by atoms with E-state index in [0.717, 1.165) is 28.2 Å². The van der Waals surface area contributed by atoms with Crippen molar-refractivity contribution in [2.75, 3.05) is 0 Å². The fourth-order valence-electron chi connectivity index (χ4n) is 2.11. The Balaban J connectivity index is 2.54. The molecule has 0 radical (unpaired) electrons. The molecule has 0 saturated carbocycles. The van der Waals surface area contributed by atoms with Crippen LogP contribution in [-0.4, -0.2) is 25.7 Å². The van der Waals surface area contributed by atoms with Gasteiger partial charge < -0.3 is 5.11 Å². The molecule has 1 unspecified atom stereocenters. The van der Waals surface area contributed by atoms with Gasteiger partial charge in [0.25, 0.3) is 0 Å². The number of nitrogens with zero attached hydrogens (tertiary/aromatic N) is 3. The van der Waals surface area contributed by atoms with Gasteiger partial charge in [0.2, 0.25) is 0 Å². The Labute approximate surface area is 105 Å². The van der Waals surface area contributed by atoms with Crippen molar-refractivity contribution in [3.05, 3.63) is 28.7 Å². The summed E-state index contributed by atoms with van der Waals surface area (Å²) in [6, 6.07) is 0. The summed E-state index contributed by atoms with van der Waals surface area (Å²) >= 11 is 0. The van der Waals surface area contributed by atoms with Crippen LogP contribution in [0.5, 0.6) is 0 Å². The molecule has 0 saturated heterocycles. The van der Waals surface area contributed by atoms with E-state index in [9.17, 15) is 4.79 Å². The van der Waals surface area contributed by atoms with Crippen molar-refractivity contribution >= 4 is 11.6 Å². The van der Waals surface area contributed by atoms with Gasteiger partial charge in [-0.2, -0.15) is 5.10 Å².